The minimum absolute atomic E-state index is 0.111. The lowest BCUT2D eigenvalue weighted by Gasteiger charge is -2.26. The number of hydrogen-bond acceptors (Lipinski definition) is 2. The van der Waals surface area contributed by atoms with Crippen LogP contribution in [0.1, 0.15) is 34.6 Å². The lowest BCUT2D eigenvalue weighted by molar-refractivity contribution is -0.116. The van der Waals surface area contributed by atoms with Gasteiger partial charge in [-0.15, -0.1) is 11.3 Å². The molecule has 1 aliphatic rings. The Morgan fingerprint density at radius 1 is 1.14 bits per heavy atom. The number of aryl methyl sites for hydroxylation is 1. The third kappa shape index (κ3) is 2.13. The molecule has 110 valence electrons. The van der Waals surface area contributed by atoms with E-state index in [1.165, 1.54) is 20.7 Å². The highest BCUT2D eigenvalue weighted by atomic mass is 32.1. The van der Waals surface area contributed by atoms with E-state index in [-0.39, 0.29) is 11.8 Å². The number of thiophene rings is 1. The molecule has 4 rings (SSSR count). The molecule has 1 amide bonds. The molecule has 0 radical (unpaired) electrons. The molecular formula is C19H17NOS. The fraction of sp³-hybridized carbons (Fsp3) is 0.211. The van der Waals surface area contributed by atoms with E-state index in [4.69, 9.17) is 0 Å². The Morgan fingerprint density at radius 2 is 2.00 bits per heavy atom. The summed E-state index contributed by atoms with van der Waals surface area (Å²) in [6, 6.07) is 16.9. The molecule has 1 atom stereocenters. The van der Waals surface area contributed by atoms with E-state index < -0.39 is 0 Å². The number of nitrogens with one attached hydrogen (secondary N) is 1. The van der Waals surface area contributed by atoms with Gasteiger partial charge in [0.1, 0.15) is 0 Å². The summed E-state index contributed by atoms with van der Waals surface area (Å²) in [5.41, 5.74) is 2.23. The van der Waals surface area contributed by atoms with Crippen LogP contribution in [0.4, 0.5) is 5.69 Å². The number of rotatable bonds is 2. The second-order valence-electron chi connectivity index (χ2n) is 5.71. The van der Waals surface area contributed by atoms with Crippen LogP contribution >= 0.6 is 11.3 Å². The first kappa shape index (κ1) is 13.5. The van der Waals surface area contributed by atoms with E-state index in [0.29, 0.717) is 6.42 Å². The predicted octanol–water partition coefficient (Wildman–Crippen LogP) is 4.94. The normalized spacial score (nSPS) is 17.3. The first-order valence-corrected chi connectivity index (χ1v) is 8.48. The van der Waals surface area contributed by atoms with Crippen molar-refractivity contribution in [2.45, 2.75) is 25.7 Å². The van der Waals surface area contributed by atoms with Crippen molar-refractivity contribution in [2.75, 3.05) is 5.32 Å². The van der Waals surface area contributed by atoms with Crippen LogP contribution in [-0.4, -0.2) is 5.91 Å². The second-order valence-corrected chi connectivity index (χ2v) is 6.91. The van der Waals surface area contributed by atoms with Gasteiger partial charge in [-0.1, -0.05) is 43.3 Å². The van der Waals surface area contributed by atoms with Gasteiger partial charge in [-0.3, -0.25) is 4.79 Å². The molecule has 0 fully saturated rings. The molecule has 3 aromatic rings. The third-order valence-corrected chi connectivity index (χ3v) is 5.71. The van der Waals surface area contributed by atoms with Gasteiger partial charge in [0.2, 0.25) is 5.91 Å². The van der Waals surface area contributed by atoms with E-state index in [9.17, 15) is 4.79 Å². The minimum atomic E-state index is 0.111. The summed E-state index contributed by atoms with van der Waals surface area (Å²) >= 11 is 1.83. The minimum Gasteiger partial charge on any atom is -0.325 e. The monoisotopic (exact) mass is 307 g/mol. The average Bonchev–Trinajstić information content (AvgIpc) is 3.03. The van der Waals surface area contributed by atoms with Crippen molar-refractivity contribution in [1.82, 2.24) is 0 Å². The molecule has 0 spiro atoms. The second kappa shape index (κ2) is 5.25. The van der Waals surface area contributed by atoms with Crippen LogP contribution in [0.25, 0.3) is 10.8 Å². The zero-order chi connectivity index (χ0) is 15.1. The Labute approximate surface area is 133 Å². The highest BCUT2D eigenvalue weighted by molar-refractivity contribution is 7.12. The lowest BCUT2D eigenvalue weighted by atomic mass is 9.87. The van der Waals surface area contributed by atoms with E-state index >= 15 is 0 Å². The molecular weight excluding hydrogens is 290 g/mol. The van der Waals surface area contributed by atoms with Crippen molar-refractivity contribution in [1.29, 1.82) is 0 Å². The van der Waals surface area contributed by atoms with Crippen molar-refractivity contribution in [2.24, 2.45) is 0 Å². The summed E-state index contributed by atoms with van der Waals surface area (Å²) in [5.74, 6) is 0.291. The van der Waals surface area contributed by atoms with E-state index in [0.717, 1.165) is 17.5 Å². The summed E-state index contributed by atoms with van der Waals surface area (Å²) in [5, 5.41) is 5.39. The quantitative estimate of drug-likeness (QED) is 0.714. The number of benzene rings is 2. The number of anilines is 1. The maximum atomic E-state index is 12.2. The molecule has 0 aliphatic carbocycles. The molecule has 3 heteroatoms. The summed E-state index contributed by atoms with van der Waals surface area (Å²) in [6.07, 6.45) is 1.59. The van der Waals surface area contributed by atoms with Gasteiger partial charge in [0, 0.05) is 27.5 Å². The molecule has 2 aromatic carbocycles. The number of carbonyl (C=O) groups is 1. The summed E-state index contributed by atoms with van der Waals surface area (Å²) in [4.78, 5) is 14.9. The smallest absolute Gasteiger partial charge is 0.225 e. The van der Waals surface area contributed by atoms with Crippen molar-refractivity contribution in [3.05, 3.63) is 63.8 Å². The maximum absolute atomic E-state index is 12.2. The van der Waals surface area contributed by atoms with E-state index in [1.54, 1.807) is 0 Å². The van der Waals surface area contributed by atoms with Gasteiger partial charge in [-0.05, 0) is 29.5 Å². The van der Waals surface area contributed by atoms with Gasteiger partial charge in [-0.2, -0.15) is 0 Å². The highest BCUT2D eigenvalue weighted by Gasteiger charge is 2.28. The van der Waals surface area contributed by atoms with Crippen LogP contribution < -0.4 is 5.32 Å². The molecule has 2 heterocycles. The summed E-state index contributed by atoms with van der Waals surface area (Å²) < 4.78 is 0. The number of hydrogen-bond donors (Lipinski definition) is 1. The first-order valence-electron chi connectivity index (χ1n) is 7.66. The molecule has 0 saturated heterocycles. The first-order chi connectivity index (χ1) is 10.8. The Kier molecular flexibility index (Phi) is 3.23. The molecule has 1 aromatic heterocycles. The molecule has 1 aliphatic heterocycles. The Hall–Kier alpha value is -2.13. The maximum Gasteiger partial charge on any atom is 0.225 e. The lowest BCUT2D eigenvalue weighted by Crippen LogP contribution is -2.23. The number of amides is 1. The molecule has 1 unspecified atom stereocenters. The van der Waals surface area contributed by atoms with Crippen molar-refractivity contribution >= 4 is 33.7 Å². The van der Waals surface area contributed by atoms with Crippen LogP contribution in [0, 0.1) is 0 Å². The largest absolute Gasteiger partial charge is 0.325 e. The van der Waals surface area contributed by atoms with Gasteiger partial charge in [0.15, 0.2) is 0 Å². The van der Waals surface area contributed by atoms with Crippen molar-refractivity contribution in [3.8, 4) is 0 Å². The van der Waals surface area contributed by atoms with E-state index in [1.807, 2.05) is 23.5 Å². The summed E-state index contributed by atoms with van der Waals surface area (Å²) in [7, 11) is 0. The average molecular weight is 307 g/mol. The topological polar surface area (TPSA) is 29.1 Å². The zero-order valence-electron chi connectivity index (χ0n) is 12.4. The van der Waals surface area contributed by atoms with Crippen LogP contribution in [0.2, 0.25) is 0 Å². The molecule has 0 saturated carbocycles. The Bertz CT molecular complexity index is 865. The Morgan fingerprint density at radius 3 is 2.82 bits per heavy atom. The van der Waals surface area contributed by atoms with Crippen LogP contribution in [0.5, 0.6) is 0 Å². The number of fused-ring (bicyclic) bond motifs is 3. The van der Waals surface area contributed by atoms with Crippen molar-refractivity contribution in [3.63, 3.8) is 0 Å². The van der Waals surface area contributed by atoms with Gasteiger partial charge >= 0.3 is 0 Å². The highest BCUT2D eigenvalue weighted by Crippen LogP contribution is 2.42. The predicted molar refractivity (Wildman–Crippen MR) is 92.7 cm³/mol. The molecule has 1 N–H and O–H groups in total. The third-order valence-electron chi connectivity index (χ3n) is 4.36. The van der Waals surface area contributed by atoms with Gasteiger partial charge in [-0.25, -0.2) is 0 Å². The van der Waals surface area contributed by atoms with Crippen LogP contribution in [-0.2, 0) is 11.2 Å². The SMILES string of the molecule is CCc1ccc(C2CC(=O)Nc3c2ccc2ccccc32)s1. The standard InChI is InChI=1S/C19H17NOS/c1-2-13-8-10-17(22-13)16-11-18(21)20-19-14-6-4-3-5-12(14)7-9-15(16)19/h3-10,16H,2,11H2,1H3,(H,20,21). The number of carbonyl (C=O) groups excluding carboxylic acids is 1. The molecule has 2 nitrogen and oxygen atoms in total. The zero-order valence-corrected chi connectivity index (χ0v) is 13.2. The van der Waals surface area contributed by atoms with Crippen molar-refractivity contribution < 1.29 is 4.79 Å². The van der Waals surface area contributed by atoms with E-state index in [2.05, 4.69) is 48.6 Å². The van der Waals surface area contributed by atoms with Crippen LogP contribution in [0.3, 0.4) is 0 Å². The fourth-order valence-corrected chi connectivity index (χ4v) is 4.30. The van der Waals surface area contributed by atoms with Gasteiger partial charge in [0.05, 0.1) is 5.69 Å². The van der Waals surface area contributed by atoms with Gasteiger partial charge < -0.3 is 5.32 Å². The van der Waals surface area contributed by atoms with Crippen LogP contribution in [0.15, 0.2) is 48.5 Å². The molecule has 22 heavy (non-hydrogen) atoms. The summed E-state index contributed by atoms with van der Waals surface area (Å²) in [6.45, 7) is 2.17. The Balaban J connectivity index is 1.90. The fourth-order valence-electron chi connectivity index (χ4n) is 3.23. The van der Waals surface area contributed by atoms with Gasteiger partial charge in [0.25, 0.3) is 0 Å². The molecule has 0 bridgehead atoms.